The van der Waals surface area contributed by atoms with E-state index in [1.165, 1.54) is 39.0 Å². The number of methoxy groups -OCH3 is 1. The molecule has 0 spiro atoms. The van der Waals surface area contributed by atoms with Crippen molar-refractivity contribution < 1.29 is 9.53 Å². The van der Waals surface area contributed by atoms with Crippen LogP contribution < -0.4 is 5.32 Å². The molecule has 0 aliphatic heterocycles. The predicted molar refractivity (Wildman–Crippen MR) is 63.8 cm³/mol. The maximum atomic E-state index is 11.1. The summed E-state index contributed by atoms with van der Waals surface area (Å²) in [4.78, 5) is 19.3. The molecule has 1 aliphatic rings. The number of carbonyl (C=O) groups is 1. The lowest BCUT2D eigenvalue weighted by molar-refractivity contribution is 0.0593. The number of esters is 1. The zero-order chi connectivity index (χ0) is 12.1. The van der Waals surface area contributed by atoms with Gasteiger partial charge in [0.2, 0.25) is 0 Å². The second kappa shape index (κ2) is 5.61. The van der Waals surface area contributed by atoms with E-state index in [2.05, 4.69) is 20.0 Å². The molecule has 17 heavy (non-hydrogen) atoms. The topological polar surface area (TPSA) is 64.1 Å². The van der Waals surface area contributed by atoms with E-state index in [4.69, 9.17) is 0 Å². The molecular formula is C12H17N3O2. The molecule has 1 saturated carbocycles. The number of ether oxygens (including phenoxy) is 1. The first-order valence-corrected chi connectivity index (χ1v) is 5.94. The SMILES string of the molecule is COC(=O)c1cnc(NCC2CCCC2)cn1. The molecule has 0 aromatic carbocycles. The van der Waals surface area contributed by atoms with Crippen LogP contribution in [0.4, 0.5) is 5.82 Å². The summed E-state index contributed by atoms with van der Waals surface area (Å²) in [6, 6.07) is 0. The molecule has 0 radical (unpaired) electrons. The quantitative estimate of drug-likeness (QED) is 0.807. The fourth-order valence-electron chi connectivity index (χ4n) is 2.09. The van der Waals surface area contributed by atoms with E-state index < -0.39 is 5.97 Å². The number of aromatic nitrogens is 2. The van der Waals surface area contributed by atoms with Gasteiger partial charge in [0.1, 0.15) is 5.82 Å². The van der Waals surface area contributed by atoms with Crippen molar-refractivity contribution in [3.63, 3.8) is 0 Å². The summed E-state index contributed by atoms with van der Waals surface area (Å²) in [5.74, 6) is 1.00. The lowest BCUT2D eigenvalue weighted by Gasteiger charge is -2.10. The zero-order valence-electron chi connectivity index (χ0n) is 9.98. The van der Waals surface area contributed by atoms with Crippen LogP contribution in [-0.2, 0) is 4.74 Å². The van der Waals surface area contributed by atoms with E-state index in [9.17, 15) is 4.79 Å². The molecule has 5 heteroatoms. The second-order valence-corrected chi connectivity index (χ2v) is 4.31. The Morgan fingerprint density at radius 2 is 2.18 bits per heavy atom. The Balaban J connectivity index is 1.87. The fourth-order valence-corrected chi connectivity index (χ4v) is 2.09. The number of nitrogens with zero attached hydrogens (tertiary/aromatic N) is 2. The predicted octanol–water partition coefficient (Wildman–Crippen LogP) is 1.87. The minimum atomic E-state index is -0.458. The average molecular weight is 235 g/mol. The largest absolute Gasteiger partial charge is 0.464 e. The van der Waals surface area contributed by atoms with Gasteiger partial charge in [0, 0.05) is 6.54 Å². The molecule has 1 aromatic heterocycles. The Kier molecular flexibility index (Phi) is 3.90. The van der Waals surface area contributed by atoms with Gasteiger partial charge in [-0.3, -0.25) is 0 Å². The first-order valence-electron chi connectivity index (χ1n) is 5.94. The Morgan fingerprint density at radius 3 is 2.76 bits per heavy atom. The van der Waals surface area contributed by atoms with Gasteiger partial charge in [-0.2, -0.15) is 0 Å². The van der Waals surface area contributed by atoms with Crippen LogP contribution in [0.25, 0.3) is 0 Å². The third kappa shape index (κ3) is 3.15. The molecule has 2 rings (SSSR count). The summed E-state index contributed by atoms with van der Waals surface area (Å²) >= 11 is 0. The summed E-state index contributed by atoms with van der Waals surface area (Å²) in [5, 5.41) is 3.25. The van der Waals surface area contributed by atoms with E-state index >= 15 is 0 Å². The molecule has 0 saturated heterocycles. The molecule has 0 atom stereocenters. The molecule has 1 heterocycles. The van der Waals surface area contributed by atoms with Crippen LogP contribution in [0, 0.1) is 5.92 Å². The Morgan fingerprint density at radius 1 is 1.41 bits per heavy atom. The number of nitrogens with one attached hydrogen (secondary N) is 1. The maximum Gasteiger partial charge on any atom is 0.358 e. The number of carbonyl (C=O) groups excluding carboxylic acids is 1. The standard InChI is InChI=1S/C12H17N3O2/c1-17-12(16)10-7-15-11(8-13-10)14-6-9-4-2-3-5-9/h7-9H,2-6H2,1H3,(H,14,15). The molecular weight excluding hydrogens is 218 g/mol. The van der Waals surface area contributed by atoms with Crippen molar-refractivity contribution in [2.24, 2.45) is 5.92 Å². The molecule has 0 bridgehead atoms. The van der Waals surface area contributed by atoms with Gasteiger partial charge in [0.25, 0.3) is 0 Å². The van der Waals surface area contributed by atoms with Crippen LogP contribution >= 0.6 is 0 Å². The zero-order valence-corrected chi connectivity index (χ0v) is 9.98. The smallest absolute Gasteiger partial charge is 0.358 e. The fraction of sp³-hybridized carbons (Fsp3) is 0.583. The second-order valence-electron chi connectivity index (χ2n) is 4.31. The summed E-state index contributed by atoms with van der Waals surface area (Å²) in [7, 11) is 1.33. The van der Waals surface area contributed by atoms with Crippen LogP contribution in [0.1, 0.15) is 36.2 Å². The van der Waals surface area contributed by atoms with E-state index in [1.807, 2.05) is 0 Å². The lowest BCUT2D eigenvalue weighted by atomic mass is 10.1. The minimum absolute atomic E-state index is 0.235. The molecule has 5 nitrogen and oxygen atoms in total. The molecule has 1 N–H and O–H groups in total. The third-order valence-corrected chi connectivity index (χ3v) is 3.09. The van der Waals surface area contributed by atoms with E-state index in [0.717, 1.165) is 12.5 Å². The first-order chi connectivity index (χ1) is 8.29. The highest BCUT2D eigenvalue weighted by molar-refractivity contribution is 5.86. The third-order valence-electron chi connectivity index (χ3n) is 3.09. The van der Waals surface area contributed by atoms with Crippen LogP contribution in [-0.4, -0.2) is 29.6 Å². The number of hydrogen-bond donors (Lipinski definition) is 1. The van der Waals surface area contributed by atoms with Gasteiger partial charge >= 0.3 is 5.97 Å². The average Bonchev–Trinajstić information content (AvgIpc) is 2.89. The van der Waals surface area contributed by atoms with Crippen molar-refractivity contribution in [1.29, 1.82) is 0 Å². The normalized spacial score (nSPS) is 15.8. The van der Waals surface area contributed by atoms with Crippen LogP contribution in [0.5, 0.6) is 0 Å². The molecule has 1 aliphatic carbocycles. The van der Waals surface area contributed by atoms with Crippen LogP contribution in [0.3, 0.4) is 0 Å². The highest BCUT2D eigenvalue weighted by atomic mass is 16.5. The van der Waals surface area contributed by atoms with Gasteiger partial charge in [-0.15, -0.1) is 0 Å². The van der Waals surface area contributed by atoms with Crippen molar-refractivity contribution in [2.45, 2.75) is 25.7 Å². The van der Waals surface area contributed by atoms with Crippen molar-refractivity contribution in [2.75, 3.05) is 19.0 Å². The van der Waals surface area contributed by atoms with Crippen LogP contribution in [0.15, 0.2) is 12.4 Å². The lowest BCUT2D eigenvalue weighted by Crippen LogP contribution is -2.13. The van der Waals surface area contributed by atoms with Gasteiger partial charge in [-0.25, -0.2) is 14.8 Å². The van der Waals surface area contributed by atoms with E-state index in [1.54, 1.807) is 6.20 Å². The number of hydrogen-bond acceptors (Lipinski definition) is 5. The van der Waals surface area contributed by atoms with Crippen molar-refractivity contribution in [3.8, 4) is 0 Å². The van der Waals surface area contributed by atoms with Crippen molar-refractivity contribution in [3.05, 3.63) is 18.1 Å². The van der Waals surface area contributed by atoms with Crippen molar-refractivity contribution in [1.82, 2.24) is 9.97 Å². The Hall–Kier alpha value is -1.65. The molecule has 0 unspecified atom stereocenters. The van der Waals surface area contributed by atoms with E-state index in [-0.39, 0.29) is 5.69 Å². The monoisotopic (exact) mass is 235 g/mol. The van der Waals surface area contributed by atoms with Gasteiger partial charge in [0.15, 0.2) is 5.69 Å². The first kappa shape index (κ1) is 11.8. The summed E-state index contributed by atoms with van der Waals surface area (Å²) in [5.41, 5.74) is 0.235. The summed E-state index contributed by atoms with van der Waals surface area (Å²) in [6.07, 6.45) is 8.25. The van der Waals surface area contributed by atoms with Crippen LogP contribution in [0.2, 0.25) is 0 Å². The van der Waals surface area contributed by atoms with Crippen molar-refractivity contribution >= 4 is 11.8 Å². The molecule has 0 amide bonds. The molecule has 1 fully saturated rings. The summed E-state index contributed by atoms with van der Waals surface area (Å²) in [6.45, 7) is 0.937. The molecule has 92 valence electrons. The van der Waals surface area contributed by atoms with Gasteiger partial charge in [0.05, 0.1) is 19.5 Å². The van der Waals surface area contributed by atoms with E-state index in [0.29, 0.717) is 5.82 Å². The Labute approximate surface area is 101 Å². The molecule has 1 aromatic rings. The highest BCUT2D eigenvalue weighted by Gasteiger charge is 2.14. The van der Waals surface area contributed by atoms with Gasteiger partial charge in [-0.1, -0.05) is 12.8 Å². The summed E-state index contributed by atoms with van der Waals surface area (Å²) < 4.78 is 4.56. The van der Waals surface area contributed by atoms with Gasteiger partial charge in [-0.05, 0) is 18.8 Å². The maximum absolute atomic E-state index is 11.1. The number of anilines is 1. The van der Waals surface area contributed by atoms with Gasteiger partial charge < -0.3 is 10.1 Å². The minimum Gasteiger partial charge on any atom is -0.464 e. The highest BCUT2D eigenvalue weighted by Crippen LogP contribution is 2.24. The number of rotatable bonds is 4. The Bertz CT molecular complexity index is 372.